The fraction of sp³-hybridized carbons (Fsp3) is 1.00. The zero-order valence-corrected chi connectivity index (χ0v) is 6.24. The van der Waals surface area contributed by atoms with Gasteiger partial charge in [0.15, 0.2) is 0 Å². The van der Waals surface area contributed by atoms with Crippen LogP contribution in [0.3, 0.4) is 0 Å². The Morgan fingerprint density at radius 1 is 1.42 bits per heavy atom. The third-order valence-electron chi connectivity index (χ3n) is 2.38. The molecule has 0 radical (unpaired) electrons. The van der Waals surface area contributed by atoms with Crippen LogP contribution in [-0.2, 0) is 4.74 Å². The summed E-state index contributed by atoms with van der Waals surface area (Å²) in [6.45, 7) is 0. The van der Waals surface area contributed by atoms with E-state index in [-0.39, 0.29) is 12.2 Å². The molecule has 0 aromatic rings. The third kappa shape index (κ3) is 1.05. The number of aliphatic hydroxyl groups excluding tert-OH is 2. The van der Waals surface area contributed by atoms with E-state index < -0.39 is 18.2 Å². The van der Waals surface area contributed by atoms with Gasteiger partial charge in [-0.2, -0.15) is 0 Å². The summed E-state index contributed by atoms with van der Waals surface area (Å²) in [5.41, 5.74) is 8.15. The molecule has 6 heteroatoms. The third-order valence-corrected chi connectivity index (χ3v) is 2.38. The summed E-state index contributed by atoms with van der Waals surface area (Å²) in [4.78, 5) is 2.60. The lowest BCUT2D eigenvalue weighted by atomic mass is 9.91. The van der Waals surface area contributed by atoms with Crippen molar-refractivity contribution in [2.75, 3.05) is 0 Å². The number of nitrogens with zero attached hydrogens (tertiary/aromatic N) is 3. The van der Waals surface area contributed by atoms with Gasteiger partial charge in [0, 0.05) is 4.91 Å². The maximum absolute atomic E-state index is 9.37. The van der Waals surface area contributed by atoms with Gasteiger partial charge in [-0.1, -0.05) is 5.11 Å². The van der Waals surface area contributed by atoms with E-state index in [4.69, 9.17) is 10.3 Å². The lowest BCUT2D eigenvalue weighted by Gasteiger charge is -2.25. The van der Waals surface area contributed by atoms with Crippen LogP contribution in [0, 0.1) is 0 Å². The number of hydrogen-bond acceptors (Lipinski definition) is 4. The number of fused-ring (bicyclic) bond motifs is 1. The molecule has 0 amide bonds. The molecule has 2 N–H and O–H groups in total. The van der Waals surface area contributed by atoms with Gasteiger partial charge < -0.3 is 14.9 Å². The van der Waals surface area contributed by atoms with Crippen molar-refractivity contribution in [1.29, 1.82) is 0 Å². The molecular formula is C6H9N3O3. The number of azide groups is 1. The molecule has 2 aliphatic rings. The van der Waals surface area contributed by atoms with E-state index in [9.17, 15) is 10.2 Å². The number of ether oxygens (including phenoxy) is 1. The first-order valence-corrected chi connectivity index (χ1v) is 3.80. The molecule has 1 saturated carbocycles. The summed E-state index contributed by atoms with van der Waals surface area (Å²) in [7, 11) is 0. The Kier molecular flexibility index (Phi) is 1.69. The Hall–Kier alpha value is -0.810. The van der Waals surface area contributed by atoms with Crippen molar-refractivity contribution in [3.05, 3.63) is 10.4 Å². The average molecular weight is 171 g/mol. The van der Waals surface area contributed by atoms with Crippen LogP contribution in [-0.4, -0.2) is 40.7 Å². The van der Waals surface area contributed by atoms with Crippen LogP contribution in [0.4, 0.5) is 0 Å². The first-order chi connectivity index (χ1) is 5.74. The molecule has 1 aliphatic heterocycles. The van der Waals surface area contributed by atoms with Gasteiger partial charge in [0.1, 0.15) is 12.2 Å². The van der Waals surface area contributed by atoms with E-state index in [0.29, 0.717) is 6.42 Å². The summed E-state index contributed by atoms with van der Waals surface area (Å²) in [5.74, 6) is 0. The van der Waals surface area contributed by atoms with Crippen molar-refractivity contribution in [2.45, 2.75) is 36.9 Å². The summed E-state index contributed by atoms with van der Waals surface area (Å²) >= 11 is 0. The summed E-state index contributed by atoms with van der Waals surface area (Å²) in [5, 5.41) is 22.1. The van der Waals surface area contributed by atoms with Gasteiger partial charge in [0.25, 0.3) is 0 Å². The van der Waals surface area contributed by atoms with E-state index in [1.165, 1.54) is 0 Å². The van der Waals surface area contributed by atoms with E-state index in [1.54, 1.807) is 0 Å². The molecule has 0 aromatic heterocycles. The van der Waals surface area contributed by atoms with Crippen LogP contribution < -0.4 is 0 Å². The molecule has 1 heterocycles. The first-order valence-electron chi connectivity index (χ1n) is 3.80. The van der Waals surface area contributed by atoms with Crippen LogP contribution >= 0.6 is 0 Å². The van der Waals surface area contributed by atoms with Crippen molar-refractivity contribution in [2.24, 2.45) is 5.11 Å². The summed E-state index contributed by atoms with van der Waals surface area (Å²) in [6.07, 6.45) is -1.65. The van der Waals surface area contributed by atoms with Crippen molar-refractivity contribution in [3.63, 3.8) is 0 Å². The molecule has 12 heavy (non-hydrogen) atoms. The molecule has 0 aromatic carbocycles. The second-order valence-corrected chi connectivity index (χ2v) is 3.13. The highest BCUT2D eigenvalue weighted by Gasteiger charge is 2.54. The summed E-state index contributed by atoms with van der Waals surface area (Å²) < 4.78 is 5.04. The molecule has 5 atom stereocenters. The quantitative estimate of drug-likeness (QED) is 0.242. The zero-order chi connectivity index (χ0) is 8.72. The SMILES string of the molecule is [N-]=[N+]=N[C@H]1C[C@@H]2O[C@@H]2[C@@H](O)[C@@H]1O. The minimum absolute atomic E-state index is 0.0288. The van der Waals surface area contributed by atoms with Crippen LogP contribution in [0.25, 0.3) is 10.4 Å². The minimum atomic E-state index is -0.982. The first kappa shape index (κ1) is 7.82. The molecule has 2 fully saturated rings. The van der Waals surface area contributed by atoms with Gasteiger partial charge in [-0.25, -0.2) is 0 Å². The van der Waals surface area contributed by atoms with Gasteiger partial charge >= 0.3 is 0 Å². The largest absolute Gasteiger partial charge is 0.390 e. The number of rotatable bonds is 1. The minimum Gasteiger partial charge on any atom is -0.390 e. The molecule has 2 rings (SSSR count). The molecule has 66 valence electrons. The van der Waals surface area contributed by atoms with E-state index in [0.717, 1.165) is 0 Å². The molecule has 6 nitrogen and oxygen atoms in total. The van der Waals surface area contributed by atoms with Gasteiger partial charge in [0.2, 0.25) is 0 Å². The lowest BCUT2D eigenvalue weighted by molar-refractivity contribution is -0.0157. The lowest BCUT2D eigenvalue weighted by Crippen LogP contribution is -2.44. The Morgan fingerprint density at radius 3 is 2.83 bits per heavy atom. The Labute approximate surface area is 68.4 Å². The van der Waals surface area contributed by atoms with Crippen molar-refractivity contribution >= 4 is 0 Å². The molecule has 1 aliphatic carbocycles. The Balaban J connectivity index is 2.10. The van der Waals surface area contributed by atoms with Gasteiger partial charge in [-0.3, -0.25) is 0 Å². The Bertz CT molecular complexity index is 240. The standard InChI is InChI=1S/C6H9N3O3/c7-9-8-2-1-3-6(12-3)5(11)4(2)10/h2-6,10-11H,1H2/t2-,3-,4+,5-,6-/m0/s1. The smallest absolute Gasteiger partial charge is 0.113 e. The van der Waals surface area contributed by atoms with Crippen LogP contribution in [0.5, 0.6) is 0 Å². The molecule has 1 saturated heterocycles. The highest BCUT2D eigenvalue weighted by atomic mass is 16.6. The second-order valence-electron chi connectivity index (χ2n) is 3.13. The molecule has 0 spiro atoms. The van der Waals surface area contributed by atoms with Crippen molar-refractivity contribution < 1.29 is 14.9 Å². The van der Waals surface area contributed by atoms with E-state index in [1.807, 2.05) is 0 Å². The average Bonchev–Trinajstić information content (AvgIpc) is 2.79. The van der Waals surface area contributed by atoms with Crippen LogP contribution in [0.15, 0.2) is 5.11 Å². The second kappa shape index (κ2) is 2.60. The van der Waals surface area contributed by atoms with Crippen molar-refractivity contribution in [1.82, 2.24) is 0 Å². The highest BCUT2D eigenvalue weighted by Crippen LogP contribution is 2.38. The number of epoxide rings is 1. The van der Waals surface area contributed by atoms with Gasteiger partial charge in [-0.15, -0.1) is 0 Å². The van der Waals surface area contributed by atoms with Crippen molar-refractivity contribution in [3.8, 4) is 0 Å². The monoisotopic (exact) mass is 171 g/mol. The predicted octanol–water partition coefficient (Wildman–Crippen LogP) is -0.442. The number of aliphatic hydroxyl groups is 2. The zero-order valence-electron chi connectivity index (χ0n) is 6.24. The van der Waals surface area contributed by atoms with Gasteiger partial charge in [-0.05, 0) is 12.0 Å². The fourth-order valence-electron chi connectivity index (χ4n) is 1.63. The molecular weight excluding hydrogens is 162 g/mol. The maximum atomic E-state index is 9.37. The fourth-order valence-corrected chi connectivity index (χ4v) is 1.63. The van der Waals surface area contributed by atoms with E-state index in [2.05, 4.69) is 10.0 Å². The molecule has 0 bridgehead atoms. The predicted molar refractivity (Wildman–Crippen MR) is 38.2 cm³/mol. The topological polar surface area (TPSA) is 102 Å². The number of hydrogen-bond donors (Lipinski definition) is 2. The maximum Gasteiger partial charge on any atom is 0.113 e. The Morgan fingerprint density at radius 2 is 2.17 bits per heavy atom. The van der Waals surface area contributed by atoms with E-state index >= 15 is 0 Å². The normalized spacial score (nSPS) is 50.7. The summed E-state index contributed by atoms with van der Waals surface area (Å²) in [6, 6.07) is -0.547. The molecule has 0 unspecified atom stereocenters. The van der Waals surface area contributed by atoms with Crippen LogP contribution in [0.1, 0.15) is 6.42 Å². The van der Waals surface area contributed by atoms with Gasteiger partial charge in [0.05, 0.1) is 18.2 Å². The van der Waals surface area contributed by atoms with Crippen LogP contribution in [0.2, 0.25) is 0 Å². The highest BCUT2D eigenvalue weighted by molar-refractivity contribution is 5.05.